The second-order valence-corrected chi connectivity index (χ2v) is 6.48. The Hall–Kier alpha value is -1.25. The smallest absolute Gasteiger partial charge is 0.140 e. The van der Waals surface area contributed by atoms with Gasteiger partial charge in [-0.1, -0.05) is 41.9 Å². The van der Waals surface area contributed by atoms with E-state index in [9.17, 15) is 4.79 Å². The zero-order valence-corrected chi connectivity index (χ0v) is 13.2. The van der Waals surface area contributed by atoms with Crippen LogP contribution in [-0.2, 0) is 10.2 Å². The summed E-state index contributed by atoms with van der Waals surface area (Å²) in [6.07, 6.45) is 0. The average molecular weight is 305 g/mol. The molecule has 0 saturated heterocycles. The molecule has 2 aromatic carbocycles. The average Bonchev–Trinajstić information content (AvgIpc) is 2.46. The lowest BCUT2D eigenvalue weighted by atomic mass is 9.81. The Morgan fingerprint density at radius 1 is 1.10 bits per heavy atom. The largest absolute Gasteiger partial charge is 0.299 e. The van der Waals surface area contributed by atoms with Crippen LogP contribution in [0.1, 0.15) is 19.4 Å². The van der Waals surface area contributed by atoms with Gasteiger partial charge >= 0.3 is 0 Å². The van der Waals surface area contributed by atoms with Crippen molar-refractivity contribution in [3.05, 3.63) is 65.2 Å². The van der Waals surface area contributed by atoms with Crippen LogP contribution in [0.3, 0.4) is 0 Å². The number of carbonyl (C=O) groups is 1. The number of hydrogen-bond acceptors (Lipinski definition) is 2. The summed E-state index contributed by atoms with van der Waals surface area (Å²) in [5.74, 6) is 0.886. The fourth-order valence-electron chi connectivity index (χ4n) is 1.95. The first kappa shape index (κ1) is 15.1. The molecular formula is C17H17ClOS. The number of carbonyl (C=O) groups excluding carboxylic acids is 1. The summed E-state index contributed by atoms with van der Waals surface area (Å²) >= 11 is 7.63. The molecule has 0 aliphatic rings. The number of rotatable bonds is 5. The summed E-state index contributed by atoms with van der Waals surface area (Å²) < 4.78 is 0. The second-order valence-electron chi connectivity index (χ2n) is 5.00. The van der Waals surface area contributed by atoms with Crippen LogP contribution in [0.2, 0.25) is 5.02 Å². The summed E-state index contributed by atoms with van der Waals surface area (Å²) in [7, 11) is 0. The number of ketones is 1. The molecule has 1 atom stereocenters. The Labute approximate surface area is 129 Å². The van der Waals surface area contributed by atoms with Gasteiger partial charge in [0.1, 0.15) is 5.78 Å². The van der Waals surface area contributed by atoms with E-state index in [2.05, 4.69) is 12.1 Å². The SMILES string of the molecule is CC(=O)C(C)(CSc1ccccc1)c1ccc(Cl)cc1. The van der Waals surface area contributed by atoms with Crippen LogP contribution in [0.4, 0.5) is 0 Å². The molecule has 2 rings (SSSR count). The molecule has 104 valence electrons. The van der Waals surface area contributed by atoms with Crippen molar-refractivity contribution in [1.82, 2.24) is 0 Å². The topological polar surface area (TPSA) is 17.1 Å². The minimum absolute atomic E-state index is 0.170. The molecule has 1 unspecified atom stereocenters. The standard InChI is InChI=1S/C17H17ClOS/c1-13(19)17(2,14-8-10-15(18)11-9-14)12-20-16-6-4-3-5-7-16/h3-11H,12H2,1-2H3. The maximum atomic E-state index is 12.1. The van der Waals surface area contributed by atoms with Crippen molar-refractivity contribution in [2.24, 2.45) is 0 Å². The van der Waals surface area contributed by atoms with Crippen LogP contribution in [-0.4, -0.2) is 11.5 Å². The Bertz CT molecular complexity index is 580. The normalized spacial score (nSPS) is 13.8. The van der Waals surface area contributed by atoms with E-state index in [0.29, 0.717) is 10.8 Å². The first-order valence-electron chi connectivity index (χ1n) is 6.47. The summed E-state index contributed by atoms with van der Waals surface area (Å²) in [4.78, 5) is 13.3. The van der Waals surface area contributed by atoms with E-state index in [0.717, 1.165) is 5.56 Å². The van der Waals surface area contributed by atoms with Gasteiger partial charge in [0.25, 0.3) is 0 Å². The van der Waals surface area contributed by atoms with Crippen molar-refractivity contribution in [2.45, 2.75) is 24.2 Å². The first-order valence-corrected chi connectivity index (χ1v) is 7.84. The van der Waals surface area contributed by atoms with Crippen molar-refractivity contribution >= 4 is 29.1 Å². The fraction of sp³-hybridized carbons (Fsp3) is 0.235. The predicted molar refractivity (Wildman–Crippen MR) is 86.7 cm³/mol. The highest BCUT2D eigenvalue weighted by atomic mass is 35.5. The van der Waals surface area contributed by atoms with Crippen LogP contribution >= 0.6 is 23.4 Å². The third kappa shape index (κ3) is 3.44. The Kier molecular flexibility index (Phi) is 4.90. The van der Waals surface area contributed by atoms with E-state index in [1.54, 1.807) is 18.7 Å². The van der Waals surface area contributed by atoms with E-state index in [1.165, 1.54) is 4.90 Å². The van der Waals surface area contributed by atoms with Gasteiger partial charge in [-0.05, 0) is 43.7 Å². The maximum absolute atomic E-state index is 12.1. The number of hydrogen-bond donors (Lipinski definition) is 0. The van der Waals surface area contributed by atoms with E-state index < -0.39 is 5.41 Å². The Morgan fingerprint density at radius 2 is 1.70 bits per heavy atom. The van der Waals surface area contributed by atoms with Gasteiger partial charge in [-0.2, -0.15) is 0 Å². The molecule has 0 spiro atoms. The zero-order valence-electron chi connectivity index (χ0n) is 11.6. The number of halogens is 1. The maximum Gasteiger partial charge on any atom is 0.140 e. The minimum atomic E-state index is -0.495. The lowest BCUT2D eigenvalue weighted by Crippen LogP contribution is -2.33. The number of Topliss-reactive ketones (excluding diaryl/α,β-unsaturated/α-hetero) is 1. The molecule has 0 amide bonds. The van der Waals surface area contributed by atoms with Gasteiger partial charge in [-0.25, -0.2) is 0 Å². The van der Waals surface area contributed by atoms with Gasteiger partial charge in [0, 0.05) is 15.7 Å². The molecule has 0 aliphatic carbocycles. The van der Waals surface area contributed by atoms with Gasteiger partial charge in [0.05, 0.1) is 5.41 Å². The molecule has 0 heterocycles. The summed E-state index contributed by atoms with van der Waals surface area (Å²) in [5.41, 5.74) is 0.517. The van der Waals surface area contributed by atoms with Crippen LogP contribution in [0.15, 0.2) is 59.5 Å². The molecule has 0 saturated carbocycles. The molecule has 1 nitrogen and oxygen atoms in total. The van der Waals surface area contributed by atoms with Crippen molar-refractivity contribution < 1.29 is 4.79 Å². The molecule has 2 aromatic rings. The molecule has 0 bridgehead atoms. The van der Waals surface area contributed by atoms with Crippen LogP contribution in [0.25, 0.3) is 0 Å². The Morgan fingerprint density at radius 3 is 2.25 bits per heavy atom. The van der Waals surface area contributed by atoms with Crippen molar-refractivity contribution in [3.8, 4) is 0 Å². The molecule has 0 fully saturated rings. The van der Waals surface area contributed by atoms with E-state index in [1.807, 2.05) is 49.4 Å². The highest BCUT2D eigenvalue weighted by Crippen LogP contribution is 2.33. The fourth-order valence-corrected chi connectivity index (χ4v) is 3.25. The van der Waals surface area contributed by atoms with Crippen molar-refractivity contribution in [2.75, 3.05) is 5.75 Å². The molecular weight excluding hydrogens is 288 g/mol. The van der Waals surface area contributed by atoms with Gasteiger partial charge in [0.2, 0.25) is 0 Å². The van der Waals surface area contributed by atoms with E-state index in [-0.39, 0.29) is 5.78 Å². The van der Waals surface area contributed by atoms with Crippen molar-refractivity contribution in [3.63, 3.8) is 0 Å². The van der Waals surface area contributed by atoms with E-state index in [4.69, 9.17) is 11.6 Å². The molecule has 3 heteroatoms. The summed E-state index contributed by atoms with van der Waals surface area (Å²) in [6.45, 7) is 3.65. The second kappa shape index (κ2) is 6.47. The summed E-state index contributed by atoms with van der Waals surface area (Å²) in [6, 6.07) is 17.7. The zero-order chi connectivity index (χ0) is 14.6. The molecule has 20 heavy (non-hydrogen) atoms. The van der Waals surface area contributed by atoms with Gasteiger partial charge in [-0.3, -0.25) is 4.79 Å². The monoisotopic (exact) mass is 304 g/mol. The number of thioether (sulfide) groups is 1. The van der Waals surface area contributed by atoms with Crippen molar-refractivity contribution in [1.29, 1.82) is 0 Å². The Balaban J connectivity index is 2.21. The first-order chi connectivity index (χ1) is 9.52. The molecule has 0 aliphatic heterocycles. The lowest BCUT2D eigenvalue weighted by Gasteiger charge is -2.27. The van der Waals surface area contributed by atoms with E-state index >= 15 is 0 Å². The van der Waals surface area contributed by atoms with Crippen LogP contribution in [0.5, 0.6) is 0 Å². The third-order valence-corrected chi connectivity index (χ3v) is 5.11. The highest BCUT2D eigenvalue weighted by molar-refractivity contribution is 7.99. The number of benzene rings is 2. The molecule has 0 N–H and O–H groups in total. The predicted octanol–water partition coefficient (Wildman–Crippen LogP) is 4.98. The third-order valence-electron chi connectivity index (χ3n) is 3.53. The van der Waals surface area contributed by atoms with Gasteiger partial charge < -0.3 is 0 Å². The van der Waals surface area contributed by atoms with Gasteiger partial charge in [-0.15, -0.1) is 11.8 Å². The lowest BCUT2D eigenvalue weighted by molar-refractivity contribution is -0.121. The molecule has 0 aromatic heterocycles. The molecule has 0 radical (unpaired) electrons. The highest BCUT2D eigenvalue weighted by Gasteiger charge is 2.32. The van der Waals surface area contributed by atoms with Gasteiger partial charge in [0.15, 0.2) is 0 Å². The quantitative estimate of drug-likeness (QED) is 0.725. The van der Waals surface area contributed by atoms with Crippen LogP contribution < -0.4 is 0 Å². The summed E-state index contributed by atoms with van der Waals surface area (Å²) in [5, 5.41) is 0.690. The minimum Gasteiger partial charge on any atom is -0.299 e. The van der Waals surface area contributed by atoms with Crippen LogP contribution in [0, 0.1) is 0 Å².